The molecule has 1 heterocycles. The van der Waals surface area contributed by atoms with Gasteiger partial charge in [-0.05, 0) is 58.0 Å². The Labute approximate surface area is 135 Å². The monoisotopic (exact) mass is 317 g/mol. The molecule has 0 radical (unpaired) electrons. The molecule has 0 bridgehead atoms. The quantitative estimate of drug-likeness (QED) is 0.793. The van der Waals surface area contributed by atoms with Crippen LogP contribution in [-0.2, 0) is 0 Å². The summed E-state index contributed by atoms with van der Waals surface area (Å²) in [6.45, 7) is 4.29. The molecule has 0 N–H and O–H groups in total. The third kappa shape index (κ3) is 2.94. The molecule has 1 aromatic heterocycles. The van der Waals surface area contributed by atoms with Gasteiger partial charge in [0, 0.05) is 11.1 Å². The Morgan fingerprint density at radius 3 is 2.55 bits per heavy atom. The van der Waals surface area contributed by atoms with Gasteiger partial charge in [-0.1, -0.05) is 11.6 Å². The molecule has 5 heteroatoms. The summed E-state index contributed by atoms with van der Waals surface area (Å²) in [4.78, 5) is 14.8. The first-order chi connectivity index (χ1) is 10.5. The molecule has 0 unspecified atom stereocenters. The summed E-state index contributed by atoms with van der Waals surface area (Å²) in [6, 6.07) is 8.06. The van der Waals surface area contributed by atoms with Gasteiger partial charge in [0.05, 0.1) is 29.2 Å². The number of carbonyl (C=O) groups is 1. The van der Waals surface area contributed by atoms with Gasteiger partial charge in [-0.3, -0.25) is 9.69 Å². The summed E-state index contributed by atoms with van der Waals surface area (Å²) in [5, 5.41) is 5.22. The van der Waals surface area contributed by atoms with Gasteiger partial charge in [0.15, 0.2) is 5.78 Å². The largest absolute Gasteiger partial charge is 0.296 e. The lowest BCUT2D eigenvalue weighted by molar-refractivity contribution is 0.0941. The molecule has 1 saturated carbocycles. The van der Waals surface area contributed by atoms with Crippen LogP contribution in [0.1, 0.15) is 34.6 Å². The average Bonchev–Trinajstić information content (AvgIpc) is 3.26. The first-order valence-corrected chi connectivity index (χ1v) is 7.90. The number of rotatable bonds is 5. The van der Waals surface area contributed by atoms with Gasteiger partial charge in [0.1, 0.15) is 0 Å². The molecule has 116 valence electrons. The predicted octanol–water partition coefficient (Wildman–Crippen LogP) is 3.42. The Kier molecular flexibility index (Phi) is 4.06. The Bertz CT molecular complexity index is 701. The van der Waals surface area contributed by atoms with E-state index in [0.29, 0.717) is 17.6 Å². The highest BCUT2D eigenvalue weighted by Crippen LogP contribution is 2.26. The average molecular weight is 318 g/mol. The highest BCUT2D eigenvalue weighted by Gasteiger charge is 2.29. The van der Waals surface area contributed by atoms with Crippen molar-refractivity contribution in [3.63, 3.8) is 0 Å². The van der Waals surface area contributed by atoms with Crippen LogP contribution in [-0.4, -0.2) is 40.1 Å². The number of aromatic nitrogens is 2. The molecule has 1 aliphatic carbocycles. The van der Waals surface area contributed by atoms with E-state index in [-0.39, 0.29) is 5.78 Å². The Hall–Kier alpha value is -1.65. The normalized spacial score (nSPS) is 14.6. The van der Waals surface area contributed by atoms with E-state index < -0.39 is 0 Å². The molecule has 3 rings (SSSR count). The van der Waals surface area contributed by atoms with Crippen LogP contribution >= 0.6 is 11.6 Å². The van der Waals surface area contributed by atoms with Crippen molar-refractivity contribution in [1.82, 2.24) is 14.7 Å². The van der Waals surface area contributed by atoms with Crippen LogP contribution in [0, 0.1) is 13.8 Å². The number of benzene rings is 1. The number of likely N-dealkylation sites (N-methyl/N-ethyl adjacent to an activating group) is 1. The zero-order valence-corrected chi connectivity index (χ0v) is 13.9. The molecular weight excluding hydrogens is 298 g/mol. The van der Waals surface area contributed by atoms with E-state index in [1.165, 1.54) is 12.8 Å². The Balaban J connectivity index is 1.89. The van der Waals surface area contributed by atoms with Crippen molar-refractivity contribution in [1.29, 1.82) is 0 Å². The summed E-state index contributed by atoms with van der Waals surface area (Å²) >= 11 is 5.93. The van der Waals surface area contributed by atoms with E-state index >= 15 is 0 Å². The maximum absolute atomic E-state index is 12.6. The molecular formula is C17H20ClN3O. The number of hydrogen-bond donors (Lipinski definition) is 0. The van der Waals surface area contributed by atoms with E-state index in [0.717, 1.165) is 22.6 Å². The second-order valence-corrected chi connectivity index (χ2v) is 6.44. The topological polar surface area (TPSA) is 38.1 Å². The third-order valence-corrected chi connectivity index (χ3v) is 4.46. The lowest BCUT2D eigenvalue weighted by atomic mass is 10.1. The summed E-state index contributed by atoms with van der Waals surface area (Å²) in [7, 11) is 2.02. The summed E-state index contributed by atoms with van der Waals surface area (Å²) in [6.07, 6.45) is 2.40. The highest BCUT2D eigenvalue weighted by atomic mass is 35.5. The molecule has 0 atom stereocenters. The van der Waals surface area contributed by atoms with Gasteiger partial charge in [-0.25, -0.2) is 4.68 Å². The van der Waals surface area contributed by atoms with Crippen molar-refractivity contribution in [3.05, 3.63) is 46.2 Å². The van der Waals surface area contributed by atoms with Gasteiger partial charge >= 0.3 is 0 Å². The first-order valence-electron chi connectivity index (χ1n) is 7.53. The van der Waals surface area contributed by atoms with E-state index in [4.69, 9.17) is 11.6 Å². The molecule has 1 fully saturated rings. The van der Waals surface area contributed by atoms with E-state index in [9.17, 15) is 4.79 Å². The summed E-state index contributed by atoms with van der Waals surface area (Å²) in [5.74, 6) is 0.143. The minimum atomic E-state index is 0.143. The van der Waals surface area contributed by atoms with Crippen molar-refractivity contribution in [2.75, 3.05) is 13.6 Å². The van der Waals surface area contributed by atoms with Crippen LogP contribution in [0.15, 0.2) is 24.3 Å². The molecule has 0 saturated heterocycles. The van der Waals surface area contributed by atoms with Gasteiger partial charge in [-0.2, -0.15) is 5.10 Å². The SMILES string of the molecule is Cc1nn(-c2ccc(Cl)cc2)c(C)c1C(=O)CN(C)C1CC1. The van der Waals surface area contributed by atoms with Crippen molar-refractivity contribution in [2.45, 2.75) is 32.7 Å². The second-order valence-electron chi connectivity index (χ2n) is 6.00. The fourth-order valence-corrected chi connectivity index (χ4v) is 2.96. The number of hydrogen-bond acceptors (Lipinski definition) is 3. The zero-order chi connectivity index (χ0) is 15.9. The van der Waals surface area contributed by atoms with Gasteiger partial charge < -0.3 is 0 Å². The van der Waals surface area contributed by atoms with Crippen molar-refractivity contribution < 1.29 is 4.79 Å². The number of halogens is 1. The highest BCUT2D eigenvalue weighted by molar-refractivity contribution is 6.30. The standard InChI is InChI=1S/C17H20ClN3O/c1-11-17(16(22)10-20(3)14-8-9-14)12(2)21(19-11)15-6-4-13(18)5-7-15/h4-7,14H,8-10H2,1-3H3. The number of Topliss-reactive ketones (excluding diaryl/α,β-unsaturated/α-hetero) is 1. The maximum atomic E-state index is 12.6. The zero-order valence-electron chi connectivity index (χ0n) is 13.1. The molecule has 4 nitrogen and oxygen atoms in total. The van der Waals surface area contributed by atoms with Gasteiger partial charge in [0.2, 0.25) is 0 Å². The van der Waals surface area contributed by atoms with Gasteiger partial charge in [0.25, 0.3) is 0 Å². The fourth-order valence-electron chi connectivity index (χ4n) is 2.83. The minimum Gasteiger partial charge on any atom is -0.296 e. The molecule has 22 heavy (non-hydrogen) atoms. The first kappa shape index (κ1) is 15.3. The third-order valence-electron chi connectivity index (χ3n) is 4.20. The van der Waals surface area contributed by atoms with E-state index in [2.05, 4.69) is 10.00 Å². The Morgan fingerprint density at radius 1 is 1.32 bits per heavy atom. The molecule has 1 aromatic carbocycles. The molecule has 0 amide bonds. The Morgan fingerprint density at radius 2 is 1.95 bits per heavy atom. The summed E-state index contributed by atoms with van der Waals surface area (Å²) in [5.41, 5.74) is 3.32. The van der Waals surface area contributed by atoms with Crippen LogP contribution < -0.4 is 0 Å². The smallest absolute Gasteiger partial charge is 0.180 e. The fraction of sp³-hybridized carbons (Fsp3) is 0.412. The van der Waals surface area contributed by atoms with Crippen LogP contribution in [0.2, 0.25) is 5.02 Å². The van der Waals surface area contributed by atoms with Crippen molar-refractivity contribution >= 4 is 17.4 Å². The second kappa shape index (κ2) is 5.86. The number of ketones is 1. The lowest BCUT2D eigenvalue weighted by Gasteiger charge is -2.14. The van der Waals surface area contributed by atoms with Crippen molar-refractivity contribution in [2.24, 2.45) is 0 Å². The number of aryl methyl sites for hydroxylation is 1. The van der Waals surface area contributed by atoms with Crippen LogP contribution in [0.4, 0.5) is 0 Å². The van der Waals surface area contributed by atoms with E-state index in [1.807, 2.05) is 49.8 Å². The molecule has 2 aromatic rings. The lowest BCUT2D eigenvalue weighted by Crippen LogP contribution is -2.28. The number of carbonyl (C=O) groups excluding carboxylic acids is 1. The predicted molar refractivity (Wildman–Crippen MR) is 88.0 cm³/mol. The molecule has 0 aliphatic heterocycles. The van der Waals surface area contributed by atoms with Crippen LogP contribution in [0.25, 0.3) is 5.69 Å². The molecule has 0 spiro atoms. The minimum absolute atomic E-state index is 0.143. The summed E-state index contributed by atoms with van der Waals surface area (Å²) < 4.78 is 1.82. The van der Waals surface area contributed by atoms with Crippen LogP contribution in [0.5, 0.6) is 0 Å². The van der Waals surface area contributed by atoms with Crippen LogP contribution in [0.3, 0.4) is 0 Å². The maximum Gasteiger partial charge on any atom is 0.180 e. The molecule has 1 aliphatic rings. The van der Waals surface area contributed by atoms with E-state index in [1.54, 1.807) is 0 Å². The number of nitrogens with zero attached hydrogens (tertiary/aromatic N) is 3. The van der Waals surface area contributed by atoms with Crippen molar-refractivity contribution in [3.8, 4) is 5.69 Å². The van der Waals surface area contributed by atoms with Gasteiger partial charge in [-0.15, -0.1) is 0 Å².